The summed E-state index contributed by atoms with van der Waals surface area (Å²) in [5, 5.41) is 7.73. The molecule has 2 heterocycles. The molecular weight excluding hydrogens is 190 g/mol. The molecule has 1 aliphatic heterocycles. The molecule has 1 aromatic heterocycles. The summed E-state index contributed by atoms with van der Waals surface area (Å²) in [6.07, 6.45) is 4.20. The maximum Gasteiger partial charge on any atom is 0.160 e. The summed E-state index contributed by atoms with van der Waals surface area (Å²) in [4.78, 5) is 0. The van der Waals surface area contributed by atoms with Gasteiger partial charge >= 0.3 is 0 Å². The molecule has 0 atom stereocenters. The summed E-state index contributed by atoms with van der Waals surface area (Å²) in [6, 6.07) is 0. The van der Waals surface area contributed by atoms with Crippen molar-refractivity contribution in [3.05, 3.63) is 11.9 Å². The third-order valence-corrected chi connectivity index (χ3v) is 3.09. The Bertz CT molecular complexity index is 294. The Morgan fingerprint density at radius 3 is 2.87 bits per heavy atom. The lowest BCUT2D eigenvalue weighted by Gasteiger charge is -2.24. The van der Waals surface area contributed by atoms with E-state index in [-0.39, 0.29) is 0 Å². The summed E-state index contributed by atoms with van der Waals surface area (Å²) in [5.41, 5.74) is 1.28. The zero-order valence-corrected chi connectivity index (χ0v) is 9.49. The molecule has 0 aliphatic carbocycles. The van der Waals surface area contributed by atoms with Crippen molar-refractivity contribution in [2.45, 2.75) is 32.2 Å². The van der Waals surface area contributed by atoms with E-state index in [4.69, 9.17) is 4.74 Å². The van der Waals surface area contributed by atoms with Crippen LogP contribution in [-0.2, 0) is 6.54 Å². The minimum absolute atomic E-state index is 0.601. The zero-order valence-electron chi connectivity index (χ0n) is 9.49. The van der Waals surface area contributed by atoms with E-state index >= 15 is 0 Å². The van der Waals surface area contributed by atoms with Gasteiger partial charge in [0.1, 0.15) is 0 Å². The van der Waals surface area contributed by atoms with Crippen molar-refractivity contribution in [1.29, 1.82) is 0 Å². The van der Waals surface area contributed by atoms with Gasteiger partial charge in [-0.25, -0.2) is 0 Å². The summed E-state index contributed by atoms with van der Waals surface area (Å²) >= 11 is 0. The van der Waals surface area contributed by atoms with E-state index in [1.54, 1.807) is 7.11 Å². The predicted octanol–water partition coefficient (Wildman–Crippen LogP) is 1.38. The number of ether oxygens (including phenoxy) is 1. The van der Waals surface area contributed by atoms with Crippen LogP contribution in [0.15, 0.2) is 6.20 Å². The maximum atomic E-state index is 5.38. The highest BCUT2D eigenvalue weighted by atomic mass is 16.5. The highest BCUT2D eigenvalue weighted by molar-refractivity contribution is 5.29. The van der Waals surface area contributed by atoms with E-state index in [9.17, 15) is 0 Å². The largest absolute Gasteiger partial charge is 0.493 e. The minimum atomic E-state index is 0.601. The molecule has 0 bridgehead atoms. The van der Waals surface area contributed by atoms with Crippen molar-refractivity contribution in [2.24, 2.45) is 0 Å². The van der Waals surface area contributed by atoms with Crippen LogP contribution in [0.4, 0.5) is 0 Å². The molecule has 0 amide bonds. The quantitative estimate of drug-likeness (QED) is 0.817. The van der Waals surface area contributed by atoms with Gasteiger partial charge in [0, 0.05) is 12.5 Å². The topological polar surface area (TPSA) is 39.1 Å². The first-order valence-corrected chi connectivity index (χ1v) is 5.67. The molecule has 0 aromatic carbocycles. The van der Waals surface area contributed by atoms with Crippen molar-refractivity contribution in [3.63, 3.8) is 0 Å². The third-order valence-electron chi connectivity index (χ3n) is 3.09. The van der Waals surface area contributed by atoms with Gasteiger partial charge in [-0.05, 0) is 32.9 Å². The van der Waals surface area contributed by atoms with Crippen LogP contribution < -0.4 is 10.1 Å². The summed E-state index contributed by atoms with van der Waals surface area (Å²) in [5.74, 6) is 1.55. The van der Waals surface area contributed by atoms with Gasteiger partial charge in [0.05, 0.1) is 19.0 Å². The van der Waals surface area contributed by atoms with Crippen LogP contribution in [0.3, 0.4) is 0 Å². The summed E-state index contributed by atoms with van der Waals surface area (Å²) < 4.78 is 7.44. The molecule has 1 saturated heterocycles. The lowest BCUT2D eigenvalue weighted by Crippen LogP contribution is -2.28. The van der Waals surface area contributed by atoms with Crippen LogP contribution in [0, 0.1) is 0 Å². The number of rotatable bonds is 3. The van der Waals surface area contributed by atoms with Crippen molar-refractivity contribution in [2.75, 3.05) is 20.2 Å². The smallest absolute Gasteiger partial charge is 0.160 e. The number of hydrogen-bond acceptors (Lipinski definition) is 3. The summed E-state index contributed by atoms with van der Waals surface area (Å²) in [6.45, 7) is 5.24. The molecule has 15 heavy (non-hydrogen) atoms. The van der Waals surface area contributed by atoms with Gasteiger partial charge in [-0.3, -0.25) is 4.68 Å². The predicted molar refractivity (Wildman–Crippen MR) is 59.3 cm³/mol. The average molecular weight is 209 g/mol. The Hall–Kier alpha value is -1.03. The van der Waals surface area contributed by atoms with Gasteiger partial charge < -0.3 is 10.1 Å². The maximum absolute atomic E-state index is 5.38. The average Bonchev–Trinajstić information content (AvgIpc) is 2.72. The number of aromatic nitrogens is 2. The first kappa shape index (κ1) is 10.5. The van der Waals surface area contributed by atoms with E-state index in [0.29, 0.717) is 5.92 Å². The molecule has 2 rings (SSSR count). The SMILES string of the molecule is CCn1ncc(OC)c1C1CCNCC1. The number of hydrogen-bond donors (Lipinski definition) is 1. The minimum Gasteiger partial charge on any atom is -0.493 e. The molecule has 0 saturated carbocycles. The highest BCUT2D eigenvalue weighted by Gasteiger charge is 2.22. The molecule has 4 nitrogen and oxygen atoms in total. The Morgan fingerprint density at radius 2 is 2.27 bits per heavy atom. The first-order chi connectivity index (χ1) is 7.36. The van der Waals surface area contributed by atoms with E-state index in [2.05, 4.69) is 22.0 Å². The first-order valence-electron chi connectivity index (χ1n) is 5.67. The second-order valence-corrected chi connectivity index (χ2v) is 3.94. The van der Waals surface area contributed by atoms with Crippen molar-refractivity contribution in [3.8, 4) is 5.75 Å². The second-order valence-electron chi connectivity index (χ2n) is 3.94. The molecule has 0 radical (unpaired) electrons. The fourth-order valence-electron chi connectivity index (χ4n) is 2.29. The lowest BCUT2D eigenvalue weighted by atomic mass is 9.94. The Balaban J connectivity index is 2.26. The monoisotopic (exact) mass is 209 g/mol. The number of aryl methyl sites for hydroxylation is 1. The van der Waals surface area contributed by atoms with E-state index in [1.807, 2.05) is 6.20 Å². The standard InChI is InChI=1S/C11H19N3O/c1-3-14-11(10(15-2)8-13-14)9-4-6-12-7-5-9/h8-9,12H,3-7H2,1-2H3. The molecule has 4 heteroatoms. The van der Waals surface area contributed by atoms with E-state index < -0.39 is 0 Å². The van der Waals surface area contributed by atoms with Gasteiger partial charge in [-0.15, -0.1) is 0 Å². The van der Waals surface area contributed by atoms with Crippen LogP contribution in [0.2, 0.25) is 0 Å². The molecule has 1 N–H and O–H groups in total. The van der Waals surface area contributed by atoms with Gasteiger partial charge in [0.2, 0.25) is 0 Å². The third kappa shape index (κ3) is 2.00. The molecule has 1 fully saturated rings. The summed E-state index contributed by atoms with van der Waals surface area (Å²) in [7, 11) is 1.72. The number of nitrogens with zero attached hydrogens (tertiary/aromatic N) is 2. The van der Waals surface area contributed by atoms with Crippen molar-refractivity contribution < 1.29 is 4.74 Å². The Kier molecular flexibility index (Phi) is 3.26. The van der Waals surface area contributed by atoms with Crippen LogP contribution in [0.5, 0.6) is 5.75 Å². The Morgan fingerprint density at radius 1 is 1.53 bits per heavy atom. The normalized spacial score (nSPS) is 18.0. The molecular formula is C11H19N3O. The van der Waals surface area contributed by atoms with Crippen molar-refractivity contribution >= 4 is 0 Å². The highest BCUT2D eigenvalue weighted by Crippen LogP contribution is 2.32. The molecule has 1 aliphatic rings. The van der Waals surface area contributed by atoms with Gasteiger partial charge in [0.25, 0.3) is 0 Å². The van der Waals surface area contributed by atoms with Gasteiger partial charge in [-0.2, -0.15) is 5.10 Å². The van der Waals surface area contributed by atoms with Crippen LogP contribution in [0.1, 0.15) is 31.4 Å². The van der Waals surface area contributed by atoms with E-state index in [1.165, 1.54) is 18.5 Å². The second kappa shape index (κ2) is 4.66. The lowest BCUT2D eigenvalue weighted by molar-refractivity contribution is 0.381. The fourth-order valence-corrected chi connectivity index (χ4v) is 2.29. The van der Waals surface area contributed by atoms with E-state index in [0.717, 1.165) is 25.4 Å². The van der Waals surface area contributed by atoms with Crippen LogP contribution in [0.25, 0.3) is 0 Å². The number of methoxy groups -OCH3 is 1. The molecule has 0 spiro atoms. The fraction of sp³-hybridized carbons (Fsp3) is 0.727. The van der Waals surface area contributed by atoms with Crippen LogP contribution in [-0.4, -0.2) is 30.0 Å². The zero-order chi connectivity index (χ0) is 10.7. The number of piperidine rings is 1. The number of nitrogens with one attached hydrogen (secondary N) is 1. The molecule has 0 unspecified atom stereocenters. The molecule has 1 aromatic rings. The Labute approximate surface area is 90.6 Å². The van der Waals surface area contributed by atoms with Crippen LogP contribution >= 0.6 is 0 Å². The van der Waals surface area contributed by atoms with Gasteiger partial charge in [0.15, 0.2) is 5.75 Å². The van der Waals surface area contributed by atoms with Crippen molar-refractivity contribution in [1.82, 2.24) is 15.1 Å². The van der Waals surface area contributed by atoms with Gasteiger partial charge in [-0.1, -0.05) is 0 Å². The molecule has 84 valence electrons.